The smallest absolute Gasteiger partial charge is 0.387 e. The third-order valence-electron chi connectivity index (χ3n) is 3.26. The quantitative estimate of drug-likeness (QED) is 0.684. The number of benzene rings is 2. The number of hydrogen-bond acceptors (Lipinski definition) is 6. The second-order valence-corrected chi connectivity index (χ2v) is 7.11. The van der Waals surface area contributed by atoms with Crippen molar-refractivity contribution >= 4 is 21.7 Å². The number of hydrogen-bond donors (Lipinski definition) is 1. The first-order valence-corrected chi connectivity index (χ1v) is 9.44. The van der Waals surface area contributed by atoms with Crippen LogP contribution in [0.25, 0.3) is 0 Å². The van der Waals surface area contributed by atoms with E-state index < -0.39 is 22.6 Å². The van der Waals surface area contributed by atoms with Gasteiger partial charge in [-0.05, 0) is 29.8 Å². The van der Waals surface area contributed by atoms with E-state index in [1.54, 1.807) is 12.1 Å². The summed E-state index contributed by atoms with van der Waals surface area (Å²) in [4.78, 5) is 12.3. The maximum atomic E-state index is 12.3. The predicted molar refractivity (Wildman–Crippen MR) is 93.7 cm³/mol. The first-order chi connectivity index (χ1) is 12.7. The lowest BCUT2D eigenvalue weighted by Gasteiger charge is -2.13. The molecule has 146 valence electrons. The van der Waals surface area contributed by atoms with Gasteiger partial charge in [0.2, 0.25) is 10.0 Å². The van der Waals surface area contributed by atoms with Crippen molar-refractivity contribution in [2.24, 2.45) is 0 Å². The summed E-state index contributed by atoms with van der Waals surface area (Å²) in [6.45, 7) is -3.18. The topological polar surface area (TPSA) is 90.9 Å². The second-order valence-electron chi connectivity index (χ2n) is 5.36. The van der Waals surface area contributed by atoms with Gasteiger partial charge >= 0.3 is 12.6 Å². The molecule has 0 amide bonds. The summed E-state index contributed by atoms with van der Waals surface area (Å²) in [5, 5.41) is 0. The molecule has 0 saturated carbocycles. The van der Waals surface area contributed by atoms with Crippen LogP contribution in [0.4, 0.5) is 14.5 Å². The van der Waals surface area contributed by atoms with E-state index >= 15 is 0 Å². The summed E-state index contributed by atoms with van der Waals surface area (Å²) in [7, 11) is -2.29. The Bertz CT molecular complexity index is 917. The highest BCUT2D eigenvalue weighted by Gasteiger charge is 2.16. The van der Waals surface area contributed by atoms with Crippen LogP contribution in [0.15, 0.2) is 42.5 Å². The standard InChI is InChI=1S/C17H17F2NO6S/c1-24-15-9-11(7-8-14(15)26-17(18)19)10-25-16(21)12-5-3-4-6-13(12)20-27(2,22)23/h3-9,17,20H,10H2,1-2H3. The highest BCUT2D eigenvalue weighted by atomic mass is 32.2. The third kappa shape index (κ3) is 6.10. The van der Waals surface area contributed by atoms with E-state index in [1.165, 1.54) is 37.4 Å². The zero-order valence-electron chi connectivity index (χ0n) is 14.4. The number of carbonyl (C=O) groups is 1. The zero-order chi connectivity index (χ0) is 20.0. The Morgan fingerprint density at radius 2 is 1.85 bits per heavy atom. The summed E-state index contributed by atoms with van der Waals surface area (Å²) in [5.41, 5.74) is 0.589. The van der Waals surface area contributed by atoms with E-state index in [0.717, 1.165) is 6.26 Å². The number of sulfonamides is 1. The van der Waals surface area contributed by atoms with Gasteiger partial charge in [-0.3, -0.25) is 4.72 Å². The summed E-state index contributed by atoms with van der Waals surface area (Å²) >= 11 is 0. The number of ether oxygens (including phenoxy) is 3. The number of halogens is 2. The number of carbonyl (C=O) groups excluding carboxylic acids is 1. The Kier molecular flexibility index (Phi) is 6.56. The lowest BCUT2D eigenvalue weighted by molar-refractivity contribution is -0.0512. The average molecular weight is 401 g/mol. The van der Waals surface area contributed by atoms with E-state index in [9.17, 15) is 22.0 Å². The number of esters is 1. The van der Waals surface area contributed by atoms with Gasteiger partial charge in [0.15, 0.2) is 11.5 Å². The summed E-state index contributed by atoms with van der Waals surface area (Å²) in [6.07, 6.45) is 0.963. The minimum Gasteiger partial charge on any atom is -0.493 e. The lowest BCUT2D eigenvalue weighted by Crippen LogP contribution is -2.14. The van der Waals surface area contributed by atoms with Gasteiger partial charge in [-0.1, -0.05) is 18.2 Å². The van der Waals surface area contributed by atoms with Gasteiger partial charge in [0.05, 0.1) is 24.6 Å². The van der Waals surface area contributed by atoms with Crippen molar-refractivity contribution in [1.82, 2.24) is 0 Å². The fraction of sp³-hybridized carbons (Fsp3) is 0.235. The van der Waals surface area contributed by atoms with Gasteiger partial charge in [0.1, 0.15) is 6.61 Å². The molecule has 0 unspecified atom stereocenters. The van der Waals surface area contributed by atoms with E-state index in [4.69, 9.17) is 9.47 Å². The molecule has 0 aromatic heterocycles. The van der Waals surface area contributed by atoms with E-state index in [2.05, 4.69) is 9.46 Å². The normalized spacial score (nSPS) is 11.1. The van der Waals surface area contributed by atoms with Crippen LogP contribution >= 0.6 is 0 Å². The SMILES string of the molecule is COc1cc(COC(=O)c2ccccc2NS(C)(=O)=O)ccc1OC(F)F. The van der Waals surface area contributed by atoms with Gasteiger partial charge in [-0.15, -0.1) is 0 Å². The predicted octanol–water partition coefficient (Wildman–Crippen LogP) is 3.03. The minimum absolute atomic E-state index is 0.0348. The van der Waals surface area contributed by atoms with Gasteiger partial charge in [0, 0.05) is 0 Å². The molecular weight excluding hydrogens is 384 g/mol. The molecule has 10 heteroatoms. The van der Waals surface area contributed by atoms with Crippen LogP contribution < -0.4 is 14.2 Å². The maximum absolute atomic E-state index is 12.3. The first-order valence-electron chi connectivity index (χ1n) is 7.55. The largest absolute Gasteiger partial charge is 0.493 e. The Morgan fingerprint density at radius 1 is 1.15 bits per heavy atom. The molecule has 2 aromatic rings. The van der Waals surface area contributed by atoms with Crippen molar-refractivity contribution in [1.29, 1.82) is 0 Å². The molecule has 27 heavy (non-hydrogen) atoms. The fourth-order valence-electron chi connectivity index (χ4n) is 2.17. The molecule has 1 N–H and O–H groups in total. The molecule has 0 aliphatic heterocycles. The number of alkyl halides is 2. The third-order valence-corrected chi connectivity index (χ3v) is 3.85. The van der Waals surface area contributed by atoms with Crippen LogP contribution in [0.2, 0.25) is 0 Å². The van der Waals surface area contributed by atoms with E-state index in [0.29, 0.717) is 5.56 Å². The van der Waals surface area contributed by atoms with Crippen LogP contribution in [0.3, 0.4) is 0 Å². The molecular formula is C17H17F2NO6S. The van der Waals surface area contributed by atoms with Crippen molar-refractivity contribution in [3.8, 4) is 11.5 Å². The van der Waals surface area contributed by atoms with Crippen molar-refractivity contribution in [3.05, 3.63) is 53.6 Å². The van der Waals surface area contributed by atoms with Crippen LogP contribution in [-0.2, 0) is 21.4 Å². The molecule has 0 atom stereocenters. The zero-order valence-corrected chi connectivity index (χ0v) is 15.3. The Balaban J connectivity index is 2.12. The number of rotatable bonds is 8. The highest BCUT2D eigenvalue weighted by molar-refractivity contribution is 7.92. The highest BCUT2D eigenvalue weighted by Crippen LogP contribution is 2.30. The van der Waals surface area contributed by atoms with Gasteiger partial charge in [0.25, 0.3) is 0 Å². The van der Waals surface area contributed by atoms with Crippen LogP contribution in [0.5, 0.6) is 11.5 Å². The van der Waals surface area contributed by atoms with Gasteiger partial charge < -0.3 is 14.2 Å². The molecule has 2 aromatic carbocycles. The average Bonchev–Trinajstić information content (AvgIpc) is 2.59. The Morgan fingerprint density at radius 3 is 2.48 bits per heavy atom. The monoisotopic (exact) mass is 401 g/mol. The molecule has 0 radical (unpaired) electrons. The molecule has 0 spiro atoms. The van der Waals surface area contributed by atoms with Crippen LogP contribution in [0, 0.1) is 0 Å². The first kappa shape index (κ1) is 20.4. The van der Waals surface area contributed by atoms with Crippen LogP contribution in [-0.4, -0.2) is 34.4 Å². The number of nitrogens with one attached hydrogen (secondary N) is 1. The van der Waals surface area contributed by atoms with Gasteiger partial charge in [-0.2, -0.15) is 8.78 Å². The summed E-state index contributed by atoms with van der Waals surface area (Å²) in [6, 6.07) is 10.1. The molecule has 0 bridgehead atoms. The number of para-hydroxylation sites is 1. The molecule has 7 nitrogen and oxygen atoms in total. The number of anilines is 1. The van der Waals surface area contributed by atoms with Crippen molar-refractivity contribution < 1.29 is 36.2 Å². The van der Waals surface area contributed by atoms with Crippen LogP contribution in [0.1, 0.15) is 15.9 Å². The second kappa shape index (κ2) is 8.67. The van der Waals surface area contributed by atoms with Crippen molar-refractivity contribution in [2.75, 3.05) is 18.1 Å². The van der Waals surface area contributed by atoms with E-state index in [-0.39, 0.29) is 29.4 Å². The molecule has 0 aliphatic carbocycles. The minimum atomic E-state index is -3.57. The molecule has 0 heterocycles. The lowest BCUT2D eigenvalue weighted by atomic mass is 10.2. The molecule has 0 aliphatic rings. The van der Waals surface area contributed by atoms with Gasteiger partial charge in [-0.25, -0.2) is 13.2 Å². The molecule has 0 saturated heterocycles. The fourth-order valence-corrected chi connectivity index (χ4v) is 2.75. The Labute approximate surface area is 154 Å². The molecule has 2 rings (SSSR count). The van der Waals surface area contributed by atoms with Crippen molar-refractivity contribution in [2.45, 2.75) is 13.2 Å². The Hall–Kier alpha value is -2.88. The van der Waals surface area contributed by atoms with Crippen molar-refractivity contribution in [3.63, 3.8) is 0 Å². The number of methoxy groups -OCH3 is 1. The molecule has 0 fully saturated rings. The maximum Gasteiger partial charge on any atom is 0.387 e. The van der Waals surface area contributed by atoms with E-state index in [1.807, 2.05) is 0 Å². The summed E-state index contributed by atoms with van der Waals surface area (Å²) < 4.78 is 64.2. The summed E-state index contributed by atoms with van der Waals surface area (Å²) in [5.74, 6) is -0.845.